The molecule has 1 atom stereocenters. The maximum atomic E-state index is 13.4. The smallest absolute Gasteiger partial charge is 0.310 e. The molecule has 0 N–H and O–H groups in total. The number of esters is 1. The van der Waals surface area contributed by atoms with E-state index in [1.54, 1.807) is 0 Å². The minimum absolute atomic E-state index is 0.0203. The first-order chi connectivity index (χ1) is 11.4. The molecule has 144 valence electrons. The Morgan fingerprint density at radius 3 is 1.80 bits per heavy atom. The summed E-state index contributed by atoms with van der Waals surface area (Å²) in [6.07, 6.45) is 8.54. The largest absolute Gasteiger partial charge is 0.458 e. The Kier molecular flexibility index (Phi) is 4.83. The van der Waals surface area contributed by atoms with Crippen LogP contribution in [0.2, 0.25) is 0 Å². The highest BCUT2D eigenvalue weighted by Crippen LogP contribution is 2.61. The van der Waals surface area contributed by atoms with Crippen molar-refractivity contribution in [2.75, 3.05) is 0 Å². The second-order valence-corrected chi connectivity index (χ2v) is 11.7. The van der Waals surface area contributed by atoms with Crippen molar-refractivity contribution in [3.8, 4) is 0 Å². The lowest BCUT2D eigenvalue weighted by molar-refractivity contribution is -0.217. The van der Waals surface area contributed by atoms with Crippen molar-refractivity contribution in [3.05, 3.63) is 0 Å². The fourth-order valence-corrected chi connectivity index (χ4v) is 6.41. The summed E-state index contributed by atoms with van der Waals surface area (Å²) in [6.45, 7) is 15.5. The van der Waals surface area contributed by atoms with Crippen molar-refractivity contribution < 1.29 is 9.53 Å². The first kappa shape index (κ1) is 19.2. The van der Waals surface area contributed by atoms with Gasteiger partial charge in [-0.2, -0.15) is 0 Å². The van der Waals surface area contributed by atoms with E-state index in [-0.39, 0.29) is 28.3 Å². The molecule has 4 rings (SSSR count). The van der Waals surface area contributed by atoms with Crippen LogP contribution < -0.4 is 0 Å². The predicted octanol–water partition coefficient (Wildman–Crippen LogP) is 6.23. The molecule has 2 nitrogen and oxygen atoms in total. The number of ether oxygens (including phenoxy) is 1. The fraction of sp³-hybridized carbons (Fsp3) is 0.957. The lowest BCUT2D eigenvalue weighted by Crippen LogP contribution is -2.60. The van der Waals surface area contributed by atoms with Crippen LogP contribution in [0.1, 0.15) is 93.4 Å². The van der Waals surface area contributed by atoms with Crippen LogP contribution in [0.5, 0.6) is 0 Å². The van der Waals surface area contributed by atoms with Gasteiger partial charge < -0.3 is 4.74 Å². The predicted molar refractivity (Wildman–Crippen MR) is 103 cm³/mol. The minimum Gasteiger partial charge on any atom is -0.458 e. The van der Waals surface area contributed by atoms with Crippen molar-refractivity contribution >= 4 is 5.97 Å². The molecule has 4 aliphatic rings. The zero-order valence-electron chi connectivity index (χ0n) is 17.7. The molecular weight excluding hydrogens is 308 g/mol. The third-order valence-electron chi connectivity index (χ3n) is 7.51. The van der Waals surface area contributed by atoms with Gasteiger partial charge in [0.25, 0.3) is 0 Å². The van der Waals surface area contributed by atoms with E-state index < -0.39 is 0 Å². The van der Waals surface area contributed by atoms with Gasteiger partial charge in [0.1, 0.15) is 5.60 Å². The van der Waals surface area contributed by atoms with Gasteiger partial charge in [0.2, 0.25) is 0 Å². The zero-order valence-corrected chi connectivity index (χ0v) is 17.7. The van der Waals surface area contributed by atoms with Crippen LogP contribution in [0.4, 0.5) is 0 Å². The Morgan fingerprint density at radius 1 is 0.960 bits per heavy atom. The number of hydrogen-bond donors (Lipinski definition) is 0. The molecular formula is C23H40O2. The van der Waals surface area contributed by atoms with Gasteiger partial charge in [-0.25, -0.2) is 0 Å². The summed E-state index contributed by atoms with van der Waals surface area (Å²) in [7, 11) is 0. The quantitative estimate of drug-likeness (QED) is 0.563. The third-order valence-corrected chi connectivity index (χ3v) is 7.51. The molecule has 0 aromatic rings. The summed E-state index contributed by atoms with van der Waals surface area (Å²) in [5.74, 6) is 3.12. The summed E-state index contributed by atoms with van der Waals surface area (Å²) in [5, 5.41) is 0. The van der Waals surface area contributed by atoms with E-state index in [9.17, 15) is 4.79 Å². The molecule has 4 bridgehead atoms. The van der Waals surface area contributed by atoms with Crippen LogP contribution in [0.25, 0.3) is 0 Å². The highest BCUT2D eigenvalue weighted by Gasteiger charge is 2.59. The fourth-order valence-electron chi connectivity index (χ4n) is 6.41. The summed E-state index contributed by atoms with van der Waals surface area (Å²) >= 11 is 0. The average Bonchev–Trinajstić information content (AvgIpc) is 2.46. The van der Waals surface area contributed by atoms with Gasteiger partial charge >= 0.3 is 5.97 Å². The topological polar surface area (TPSA) is 26.3 Å². The highest BCUT2D eigenvalue weighted by atomic mass is 16.6. The van der Waals surface area contributed by atoms with Crippen LogP contribution in [-0.2, 0) is 9.53 Å². The molecule has 4 fully saturated rings. The molecule has 1 unspecified atom stereocenters. The van der Waals surface area contributed by atoms with Gasteiger partial charge in [0.15, 0.2) is 0 Å². The lowest BCUT2D eigenvalue weighted by atomic mass is 9.49. The second kappa shape index (κ2) is 6.27. The lowest BCUT2D eigenvalue weighted by Gasteiger charge is -2.60. The van der Waals surface area contributed by atoms with Crippen molar-refractivity contribution in [1.29, 1.82) is 0 Å². The number of carbonyl (C=O) groups is 1. The summed E-state index contributed by atoms with van der Waals surface area (Å²) in [6, 6.07) is 0. The standard InChI is InChI=1S/C23H40O2/c1-8-23(17-10-15-9-16(12-17)13-18(23)11-15)25-20(24)19(22(5,6)7)14-21(2,3)4/h15-19H,8-14H2,1-7H3. The number of hydrogen-bond acceptors (Lipinski definition) is 2. The van der Waals surface area contributed by atoms with Crippen molar-refractivity contribution in [2.45, 2.75) is 99.0 Å². The molecule has 25 heavy (non-hydrogen) atoms. The number of carbonyl (C=O) groups excluding carboxylic acids is 1. The summed E-state index contributed by atoms with van der Waals surface area (Å²) in [4.78, 5) is 13.4. The average molecular weight is 349 g/mol. The maximum absolute atomic E-state index is 13.4. The Labute approximate surface area is 155 Å². The van der Waals surface area contributed by atoms with Crippen LogP contribution in [0.3, 0.4) is 0 Å². The molecule has 0 aromatic carbocycles. The first-order valence-corrected chi connectivity index (χ1v) is 10.7. The van der Waals surface area contributed by atoms with Crippen molar-refractivity contribution in [2.24, 2.45) is 40.4 Å². The van der Waals surface area contributed by atoms with E-state index in [0.717, 1.165) is 24.7 Å². The van der Waals surface area contributed by atoms with E-state index >= 15 is 0 Å². The first-order valence-electron chi connectivity index (χ1n) is 10.7. The molecule has 0 aliphatic heterocycles. The van der Waals surface area contributed by atoms with Gasteiger partial charge in [-0.3, -0.25) is 4.79 Å². The normalized spacial score (nSPS) is 38.7. The van der Waals surface area contributed by atoms with Gasteiger partial charge in [-0.15, -0.1) is 0 Å². The molecule has 0 amide bonds. The monoisotopic (exact) mass is 348 g/mol. The molecule has 0 saturated heterocycles. The summed E-state index contributed by atoms with van der Waals surface area (Å²) < 4.78 is 6.56. The van der Waals surface area contributed by atoms with E-state index in [2.05, 4.69) is 48.5 Å². The minimum atomic E-state index is -0.161. The molecule has 0 spiro atoms. The van der Waals surface area contributed by atoms with Gasteiger partial charge in [-0.1, -0.05) is 48.5 Å². The van der Waals surface area contributed by atoms with Gasteiger partial charge in [0.05, 0.1) is 5.92 Å². The Balaban J connectivity index is 1.82. The highest BCUT2D eigenvalue weighted by molar-refractivity contribution is 5.74. The maximum Gasteiger partial charge on any atom is 0.310 e. The molecule has 0 heterocycles. The van der Waals surface area contributed by atoms with Crippen LogP contribution in [0, 0.1) is 40.4 Å². The van der Waals surface area contributed by atoms with Gasteiger partial charge in [0, 0.05) is 0 Å². The molecule has 2 heteroatoms. The Bertz CT molecular complexity index is 477. The zero-order chi connectivity index (χ0) is 18.6. The molecule has 0 radical (unpaired) electrons. The second-order valence-electron chi connectivity index (χ2n) is 11.7. The van der Waals surface area contributed by atoms with E-state index in [1.807, 2.05) is 0 Å². The number of rotatable bonds is 4. The van der Waals surface area contributed by atoms with E-state index in [0.29, 0.717) is 11.8 Å². The van der Waals surface area contributed by atoms with E-state index in [1.165, 1.54) is 32.1 Å². The Morgan fingerprint density at radius 2 is 1.44 bits per heavy atom. The SMILES string of the molecule is CCC1(OC(=O)C(CC(C)(C)C)C(C)(C)C)C2CC3CC(C2)CC1C3. The third kappa shape index (κ3) is 3.65. The summed E-state index contributed by atoms with van der Waals surface area (Å²) in [5.41, 5.74) is -0.0719. The van der Waals surface area contributed by atoms with Crippen LogP contribution >= 0.6 is 0 Å². The van der Waals surface area contributed by atoms with E-state index in [4.69, 9.17) is 4.74 Å². The van der Waals surface area contributed by atoms with Crippen molar-refractivity contribution in [3.63, 3.8) is 0 Å². The molecule has 4 aliphatic carbocycles. The van der Waals surface area contributed by atoms with Crippen molar-refractivity contribution in [1.82, 2.24) is 0 Å². The van der Waals surface area contributed by atoms with Crippen LogP contribution in [-0.4, -0.2) is 11.6 Å². The molecule has 4 saturated carbocycles. The Hall–Kier alpha value is -0.530. The van der Waals surface area contributed by atoms with Gasteiger partial charge in [-0.05, 0) is 79.4 Å². The van der Waals surface area contributed by atoms with Crippen LogP contribution in [0.15, 0.2) is 0 Å². The molecule has 0 aromatic heterocycles.